The third-order valence-electron chi connectivity index (χ3n) is 2.48. The molecule has 7 heteroatoms. The average molecular weight is 345 g/mol. The Morgan fingerprint density at radius 2 is 2.21 bits per heavy atom. The van der Waals surface area contributed by atoms with Gasteiger partial charge >= 0.3 is 0 Å². The highest BCUT2D eigenvalue weighted by molar-refractivity contribution is 9.10. The number of nitro benzene ring substituents is 1. The first-order valence-corrected chi connectivity index (χ1v) is 7.01. The van der Waals surface area contributed by atoms with E-state index in [4.69, 9.17) is 0 Å². The number of rotatable bonds is 4. The molecule has 0 spiro atoms. The van der Waals surface area contributed by atoms with Crippen molar-refractivity contribution in [3.8, 4) is 0 Å². The first-order valence-electron chi connectivity index (χ1n) is 5.40. The molecule has 0 fully saturated rings. The number of hydrogen-bond donors (Lipinski definition) is 1. The van der Waals surface area contributed by atoms with Gasteiger partial charge < -0.3 is 5.32 Å². The van der Waals surface area contributed by atoms with Crippen LogP contribution in [0.4, 0.5) is 15.8 Å². The number of anilines is 1. The average Bonchev–Trinajstić information content (AvgIpc) is 2.76. The van der Waals surface area contributed by atoms with Gasteiger partial charge in [0.15, 0.2) is 0 Å². The molecule has 0 amide bonds. The zero-order valence-corrected chi connectivity index (χ0v) is 12.3. The topological polar surface area (TPSA) is 55.2 Å². The van der Waals surface area contributed by atoms with Gasteiger partial charge in [0.05, 0.1) is 9.40 Å². The first kappa shape index (κ1) is 14.0. The minimum atomic E-state index is -0.536. The van der Waals surface area contributed by atoms with Crippen LogP contribution in [0.15, 0.2) is 28.7 Å². The van der Waals surface area contributed by atoms with Crippen LogP contribution in [0.5, 0.6) is 0 Å². The van der Waals surface area contributed by atoms with Crippen molar-refractivity contribution in [3.05, 3.63) is 54.4 Å². The van der Waals surface area contributed by atoms with Crippen molar-refractivity contribution in [1.82, 2.24) is 0 Å². The molecule has 0 saturated carbocycles. The van der Waals surface area contributed by atoms with Crippen molar-refractivity contribution in [2.45, 2.75) is 13.5 Å². The number of benzene rings is 1. The van der Waals surface area contributed by atoms with Crippen LogP contribution < -0.4 is 5.32 Å². The van der Waals surface area contributed by atoms with Crippen molar-refractivity contribution in [3.63, 3.8) is 0 Å². The van der Waals surface area contributed by atoms with Gasteiger partial charge in [-0.3, -0.25) is 10.1 Å². The summed E-state index contributed by atoms with van der Waals surface area (Å²) in [6, 6.07) is 6.20. The van der Waals surface area contributed by atoms with E-state index < -0.39 is 10.7 Å². The van der Waals surface area contributed by atoms with E-state index in [-0.39, 0.29) is 15.8 Å². The summed E-state index contributed by atoms with van der Waals surface area (Å²) in [6.45, 7) is 2.41. The Balaban J connectivity index is 2.23. The minimum absolute atomic E-state index is 0.0803. The van der Waals surface area contributed by atoms with Crippen LogP contribution >= 0.6 is 27.3 Å². The highest BCUT2D eigenvalue weighted by atomic mass is 79.9. The summed E-state index contributed by atoms with van der Waals surface area (Å²) >= 11 is 4.54. The van der Waals surface area contributed by atoms with E-state index in [1.807, 2.05) is 19.1 Å². The highest BCUT2D eigenvalue weighted by Gasteiger charge is 2.17. The van der Waals surface area contributed by atoms with Crippen molar-refractivity contribution in [2.24, 2.45) is 0 Å². The van der Waals surface area contributed by atoms with Crippen LogP contribution in [0.1, 0.15) is 9.75 Å². The van der Waals surface area contributed by atoms with E-state index in [2.05, 4.69) is 21.2 Å². The second kappa shape index (κ2) is 5.66. The smallest absolute Gasteiger partial charge is 0.293 e. The standard InChI is InChI=1S/C12H10BrFN2O2S/c1-7-2-3-8(19-7)6-15-11-5-10(14)9(13)4-12(11)16(17)18/h2-5,15H,6H2,1H3. The second-order valence-corrected chi connectivity index (χ2v) is 6.13. The minimum Gasteiger partial charge on any atom is -0.375 e. The summed E-state index contributed by atoms with van der Waals surface area (Å²) in [7, 11) is 0. The van der Waals surface area contributed by atoms with Gasteiger partial charge in [-0.25, -0.2) is 4.39 Å². The normalized spacial score (nSPS) is 10.5. The molecule has 19 heavy (non-hydrogen) atoms. The molecule has 1 N–H and O–H groups in total. The molecule has 0 unspecified atom stereocenters. The van der Waals surface area contributed by atoms with Crippen LogP contribution in [0.25, 0.3) is 0 Å². The quantitative estimate of drug-likeness (QED) is 0.657. The van der Waals surface area contributed by atoms with E-state index in [0.717, 1.165) is 21.9 Å². The summed E-state index contributed by atoms with van der Waals surface area (Å²) in [6.07, 6.45) is 0. The summed E-state index contributed by atoms with van der Waals surface area (Å²) in [5.41, 5.74) is 0.0262. The fourth-order valence-corrected chi connectivity index (χ4v) is 2.75. The van der Waals surface area contributed by atoms with E-state index in [9.17, 15) is 14.5 Å². The number of hydrogen-bond acceptors (Lipinski definition) is 4. The highest BCUT2D eigenvalue weighted by Crippen LogP contribution is 2.31. The van der Waals surface area contributed by atoms with Crippen molar-refractivity contribution in [2.75, 3.05) is 5.32 Å². The van der Waals surface area contributed by atoms with Gasteiger partial charge in [-0.15, -0.1) is 11.3 Å². The largest absolute Gasteiger partial charge is 0.375 e. The third-order valence-corrected chi connectivity index (χ3v) is 4.09. The molecule has 0 aliphatic heterocycles. The number of aryl methyl sites for hydroxylation is 1. The lowest BCUT2D eigenvalue weighted by Gasteiger charge is -2.07. The van der Waals surface area contributed by atoms with E-state index in [0.29, 0.717) is 6.54 Å². The zero-order chi connectivity index (χ0) is 14.0. The molecule has 0 aliphatic rings. The number of nitrogens with one attached hydrogen (secondary N) is 1. The molecule has 0 saturated heterocycles. The Bertz CT molecular complexity index is 630. The molecular weight excluding hydrogens is 335 g/mol. The molecular formula is C12H10BrFN2O2S. The summed E-state index contributed by atoms with van der Waals surface area (Å²) in [5.74, 6) is -0.532. The van der Waals surface area contributed by atoms with Crippen LogP contribution in [-0.4, -0.2) is 4.92 Å². The van der Waals surface area contributed by atoms with Crippen molar-refractivity contribution < 1.29 is 9.31 Å². The summed E-state index contributed by atoms with van der Waals surface area (Å²) in [5, 5.41) is 13.8. The fourth-order valence-electron chi connectivity index (χ4n) is 1.59. The maximum absolute atomic E-state index is 13.4. The molecule has 100 valence electrons. The lowest BCUT2D eigenvalue weighted by atomic mass is 10.2. The Hall–Kier alpha value is -1.47. The molecule has 2 rings (SSSR count). The van der Waals surface area contributed by atoms with Gasteiger partial charge in [0.1, 0.15) is 11.5 Å². The lowest BCUT2D eigenvalue weighted by Crippen LogP contribution is -2.02. The lowest BCUT2D eigenvalue weighted by molar-refractivity contribution is -0.384. The molecule has 1 aromatic carbocycles. The van der Waals surface area contributed by atoms with Gasteiger partial charge in [0.25, 0.3) is 5.69 Å². The molecule has 1 aromatic heterocycles. The molecule has 0 radical (unpaired) electrons. The van der Waals surface area contributed by atoms with Gasteiger partial charge in [-0.05, 0) is 35.0 Å². The first-order chi connectivity index (χ1) is 8.97. The van der Waals surface area contributed by atoms with E-state index >= 15 is 0 Å². The van der Waals surface area contributed by atoms with Gasteiger partial charge in [-0.2, -0.15) is 0 Å². The Morgan fingerprint density at radius 3 is 2.79 bits per heavy atom. The molecule has 0 atom stereocenters. The zero-order valence-electron chi connectivity index (χ0n) is 9.94. The van der Waals surface area contributed by atoms with Crippen molar-refractivity contribution in [1.29, 1.82) is 0 Å². The summed E-state index contributed by atoms with van der Waals surface area (Å²) in [4.78, 5) is 12.6. The Labute approximate surface area is 121 Å². The van der Waals surface area contributed by atoms with Crippen LogP contribution in [0, 0.1) is 22.9 Å². The Kier molecular flexibility index (Phi) is 4.16. The molecule has 4 nitrogen and oxygen atoms in total. The van der Waals surface area contributed by atoms with E-state index in [1.165, 1.54) is 0 Å². The maximum atomic E-state index is 13.4. The maximum Gasteiger partial charge on any atom is 0.293 e. The van der Waals surface area contributed by atoms with Crippen LogP contribution in [0.2, 0.25) is 0 Å². The molecule has 1 heterocycles. The molecule has 0 bridgehead atoms. The second-order valence-electron chi connectivity index (χ2n) is 3.91. The number of thiophene rings is 1. The monoisotopic (exact) mass is 344 g/mol. The summed E-state index contributed by atoms with van der Waals surface area (Å²) < 4.78 is 13.5. The Morgan fingerprint density at radius 1 is 1.47 bits per heavy atom. The third kappa shape index (κ3) is 3.30. The van der Waals surface area contributed by atoms with Gasteiger partial charge in [0.2, 0.25) is 0 Å². The van der Waals surface area contributed by atoms with E-state index in [1.54, 1.807) is 11.3 Å². The van der Waals surface area contributed by atoms with Gasteiger partial charge in [-0.1, -0.05) is 0 Å². The molecule has 0 aliphatic carbocycles. The predicted octanol–water partition coefficient (Wildman–Crippen LogP) is 4.48. The van der Waals surface area contributed by atoms with Crippen LogP contribution in [0.3, 0.4) is 0 Å². The number of halogens is 2. The van der Waals surface area contributed by atoms with Gasteiger partial charge in [0, 0.05) is 28.4 Å². The predicted molar refractivity (Wildman–Crippen MR) is 77.1 cm³/mol. The SMILES string of the molecule is Cc1ccc(CNc2cc(F)c(Br)cc2[N+](=O)[O-])s1. The van der Waals surface area contributed by atoms with Crippen LogP contribution in [-0.2, 0) is 6.54 Å². The fraction of sp³-hybridized carbons (Fsp3) is 0.167. The number of nitro groups is 1. The van der Waals surface area contributed by atoms with Crippen molar-refractivity contribution >= 4 is 38.6 Å². The molecule has 2 aromatic rings. The number of nitrogens with zero attached hydrogens (tertiary/aromatic N) is 1.